The number of carbonyl (C=O) groups excluding carboxylic acids is 1. The Balaban J connectivity index is 1.46. The second-order valence-corrected chi connectivity index (χ2v) is 9.94. The third-order valence-electron chi connectivity index (χ3n) is 5.52. The summed E-state index contributed by atoms with van der Waals surface area (Å²) in [7, 11) is -1.83. The van der Waals surface area contributed by atoms with Gasteiger partial charge in [-0.25, -0.2) is 8.42 Å². The van der Waals surface area contributed by atoms with Gasteiger partial charge >= 0.3 is 0 Å². The molecule has 0 aromatic heterocycles. The number of carbonyl (C=O) groups is 1. The number of rotatable bonds is 8. The number of sulfonamides is 1. The van der Waals surface area contributed by atoms with Crippen LogP contribution in [0.2, 0.25) is 0 Å². The minimum absolute atomic E-state index is 0.0400. The zero-order valence-electron chi connectivity index (χ0n) is 18.8. The number of hydrogen-bond donors (Lipinski definition) is 0. The molecule has 1 fully saturated rings. The molecule has 7 nitrogen and oxygen atoms in total. The molecule has 0 saturated carbocycles. The highest BCUT2D eigenvalue weighted by Crippen LogP contribution is 2.21. The molecule has 0 aliphatic carbocycles. The van der Waals surface area contributed by atoms with Gasteiger partial charge in [-0.15, -0.1) is 0 Å². The summed E-state index contributed by atoms with van der Waals surface area (Å²) in [5.74, 6) is 0.489. The molecule has 0 spiro atoms. The van der Waals surface area contributed by atoms with E-state index in [1.165, 1.54) is 16.9 Å². The number of nitrogens with zero attached hydrogens (tertiary/aromatic N) is 3. The van der Waals surface area contributed by atoms with E-state index in [1.807, 2.05) is 23.1 Å². The molecule has 0 bridgehead atoms. The maximum atomic E-state index is 12.8. The average Bonchev–Trinajstić information content (AvgIpc) is 2.79. The van der Waals surface area contributed by atoms with Gasteiger partial charge in [-0.3, -0.25) is 14.0 Å². The normalized spacial score (nSPS) is 16.2. The van der Waals surface area contributed by atoms with Crippen molar-refractivity contribution in [2.24, 2.45) is 0 Å². The van der Waals surface area contributed by atoms with Crippen LogP contribution in [0.25, 0.3) is 6.08 Å². The number of hydrogen-bond acceptors (Lipinski definition) is 5. The van der Waals surface area contributed by atoms with Crippen molar-refractivity contribution in [3.8, 4) is 5.75 Å². The predicted molar refractivity (Wildman–Crippen MR) is 128 cm³/mol. The minimum atomic E-state index is -3.32. The van der Waals surface area contributed by atoms with E-state index in [1.54, 1.807) is 31.2 Å². The first-order valence-electron chi connectivity index (χ1n) is 10.7. The molecule has 1 aliphatic heterocycles. The maximum absolute atomic E-state index is 12.8. The van der Waals surface area contributed by atoms with Crippen LogP contribution in [0.1, 0.15) is 12.5 Å². The standard InChI is InChI=1S/C24H31N3O4S/c1-20(31-23-13-11-22(12-14-23)25(2)32(3,29)30)24(28)27-18-16-26(17-19-27)15-7-10-21-8-5-4-6-9-21/h4-14,20H,15-19H2,1-3H3/b10-7+/t20-/m0/s1. The fourth-order valence-corrected chi connectivity index (χ4v) is 4.00. The summed E-state index contributed by atoms with van der Waals surface area (Å²) in [6, 6.07) is 16.9. The Hall–Kier alpha value is -2.84. The van der Waals surface area contributed by atoms with Crippen LogP contribution >= 0.6 is 0 Å². The van der Waals surface area contributed by atoms with Crippen LogP contribution in [-0.2, 0) is 14.8 Å². The van der Waals surface area contributed by atoms with Gasteiger partial charge in [0.15, 0.2) is 6.10 Å². The molecule has 0 unspecified atom stereocenters. The summed E-state index contributed by atoms with van der Waals surface area (Å²) in [5, 5.41) is 0. The van der Waals surface area contributed by atoms with Crippen LogP contribution in [0.5, 0.6) is 5.75 Å². The number of amides is 1. The van der Waals surface area contributed by atoms with Crippen LogP contribution in [0.3, 0.4) is 0 Å². The molecule has 3 rings (SSSR count). The highest BCUT2D eigenvalue weighted by atomic mass is 32.2. The van der Waals surface area contributed by atoms with Crippen molar-refractivity contribution >= 4 is 27.7 Å². The summed E-state index contributed by atoms with van der Waals surface area (Å²) in [5.41, 5.74) is 1.72. The van der Waals surface area contributed by atoms with Crippen molar-refractivity contribution in [2.45, 2.75) is 13.0 Å². The molecule has 2 aromatic carbocycles. The van der Waals surface area contributed by atoms with E-state index in [0.29, 0.717) is 24.5 Å². The van der Waals surface area contributed by atoms with Crippen molar-refractivity contribution in [1.29, 1.82) is 0 Å². The molecule has 32 heavy (non-hydrogen) atoms. The molecule has 1 aliphatic rings. The van der Waals surface area contributed by atoms with E-state index in [2.05, 4.69) is 29.2 Å². The second-order valence-electron chi connectivity index (χ2n) is 7.92. The summed E-state index contributed by atoms with van der Waals surface area (Å²) in [6.45, 7) is 5.59. The molecular formula is C24H31N3O4S. The Morgan fingerprint density at radius 3 is 2.28 bits per heavy atom. The smallest absolute Gasteiger partial charge is 0.263 e. The van der Waals surface area contributed by atoms with E-state index in [9.17, 15) is 13.2 Å². The summed E-state index contributed by atoms with van der Waals surface area (Å²) < 4.78 is 30.3. The monoisotopic (exact) mass is 457 g/mol. The molecule has 2 aromatic rings. The Morgan fingerprint density at radius 1 is 1.06 bits per heavy atom. The zero-order chi connectivity index (χ0) is 23.1. The molecule has 1 saturated heterocycles. The molecule has 172 valence electrons. The van der Waals surface area contributed by atoms with E-state index in [0.717, 1.165) is 25.9 Å². The average molecular weight is 458 g/mol. The first kappa shape index (κ1) is 23.8. The fourth-order valence-electron chi connectivity index (χ4n) is 3.49. The third kappa shape index (κ3) is 6.58. The van der Waals surface area contributed by atoms with Crippen LogP contribution in [0, 0.1) is 0 Å². The number of benzene rings is 2. The van der Waals surface area contributed by atoms with Gasteiger partial charge in [0, 0.05) is 39.8 Å². The van der Waals surface area contributed by atoms with Crippen molar-refractivity contribution in [1.82, 2.24) is 9.80 Å². The maximum Gasteiger partial charge on any atom is 0.263 e. The number of piperazine rings is 1. The third-order valence-corrected chi connectivity index (χ3v) is 6.72. The van der Waals surface area contributed by atoms with Crippen molar-refractivity contribution < 1.29 is 17.9 Å². The van der Waals surface area contributed by atoms with Crippen LogP contribution in [-0.4, -0.2) is 76.3 Å². The number of ether oxygens (including phenoxy) is 1. The molecule has 0 N–H and O–H groups in total. The van der Waals surface area contributed by atoms with Gasteiger partial charge in [0.1, 0.15) is 5.75 Å². The van der Waals surface area contributed by atoms with Crippen molar-refractivity contribution in [3.63, 3.8) is 0 Å². The Morgan fingerprint density at radius 2 is 1.69 bits per heavy atom. The van der Waals surface area contributed by atoms with Gasteiger partial charge in [0.25, 0.3) is 5.91 Å². The van der Waals surface area contributed by atoms with Crippen molar-refractivity contribution in [3.05, 3.63) is 66.2 Å². The van der Waals surface area contributed by atoms with E-state index >= 15 is 0 Å². The zero-order valence-corrected chi connectivity index (χ0v) is 19.7. The Labute approximate surface area is 190 Å². The van der Waals surface area contributed by atoms with Gasteiger partial charge in [0.2, 0.25) is 10.0 Å². The summed E-state index contributed by atoms with van der Waals surface area (Å²) in [4.78, 5) is 17.0. The lowest BCUT2D eigenvalue weighted by atomic mass is 10.2. The Kier molecular flexibility index (Phi) is 7.93. The van der Waals surface area contributed by atoms with Gasteiger partial charge in [0.05, 0.1) is 11.9 Å². The van der Waals surface area contributed by atoms with Gasteiger partial charge in [-0.1, -0.05) is 42.5 Å². The number of anilines is 1. The van der Waals surface area contributed by atoms with Gasteiger partial charge < -0.3 is 9.64 Å². The lowest BCUT2D eigenvalue weighted by molar-refractivity contribution is -0.139. The SMILES string of the molecule is C[C@H](Oc1ccc(N(C)S(C)(=O)=O)cc1)C(=O)N1CCN(C/C=C/c2ccccc2)CC1. The topological polar surface area (TPSA) is 70.2 Å². The fraction of sp³-hybridized carbons (Fsp3) is 0.375. The Bertz CT molecular complexity index is 1010. The van der Waals surface area contributed by atoms with Gasteiger partial charge in [-0.2, -0.15) is 0 Å². The molecule has 0 radical (unpaired) electrons. The lowest BCUT2D eigenvalue weighted by Gasteiger charge is -2.35. The summed E-state index contributed by atoms with van der Waals surface area (Å²) in [6.07, 6.45) is 4.81. The first-order chi connectivity index (χ1) is 15.2. The van der Waals surface area contributed by atoms with E-state index < -0.39 is 16.1 Å². The quantitative estimate of drug-likeness (QED) is 0.610. The molecule has 1 atom stereocenters. The summed E-state index contributed by atoms with van der Waals surface area (Å²) >= 11 is 0. The lowest BCUT2D eigenvalue weighted by Crippen LogP contribution is -2.51. The highest BCUT2D eigenvalue weighted by Gasteiger charge is 2.25. The largest absolute Gasteiger partial charge is 0.481 e. The first-order valence-corrected chi connectivity index (χ1v) is 12.5. The van der Waals surface area contributed by atoms with E-state index in [-0.39, 0.29) is 5.91 Å². The van der Waals surface area contributed by atoms with Crippen LogP contribution in [0.4, 0.5) is 5.69 Å². The van der Waals surface area contributed by atoms with Crippen molar-refractivity contribution in [2.75, 3.05) is 50.3 Å². The van der Waals surface area contributed by atoms with Gasteiger partial charge in [-0.05, 0) is 36.8 Å². The minimum Gasteiger partial charge on any atom is -0.481 e. The molecule has 1 amide bonds. The van der Waals surface area contributed by atoms with Crippen LogP contribution < -0.4 is 9.04 Å². The van der Waals surface area contributed by atoms with Crippen LogP contribution in [0.15, 0.2) is 60.7 Å². The van der Waals surface area contributed by atoms with E-state index in [4.69, 9.17) is 4.74 Å². The highest BCUT2D eigenvalue weighted by molar-refractivity contribution is 7.92. The second kappa shape index (κ2) is 10.7. The predicted octanol–water partition coefficient (Wildman–Crippen LogP) is 2.71. The molecular weight excluding hydrogens is 426 g/mol. The molecule has 1 heterocycles. The molecule has 8 heteroatoms.